The van der Waals surface area contributed by atoms with E-state index in [1.54, 1.807) is 12.3 Å². The molecule has 0 saturated carbocycles. The molecule has 2 aliphatic rings. The lowest BCUT2D eigenvalue weighted by atomic mass is 10.0. The number of nitrogens with two attached hydrogens (primary N) is 1. The molecule has 2 aliphatic heterocycles. The highest BCUT2D eigenvalue weighted by atomic mass is 32.2. The summed E-state index contributed by atoms with van der Waals surface area (Å²) in [5.74, 6) is 1.33. The van der Waals surface area contributed by atoms with Crippen molar-refractivity contribution < 1.29 is 14.3 Å². The smallest absolute Gasteiger partial charge is 0.261 e. The van der Waals surface area contributed by atoms with Crippen LogP contribution in [-0.4, -0.2) is 86.0 Å². The van der Waals surface area contributed by atoms with E-state index in [-0.39, 0.29) is 12.4 Å². The van der Waals surface area contributed by atoms with Gasteiger partial charge in [-0.2, -0.15) is 5.26 Å². The van der Waals surface area contributed by atoms with Gasteiger partial charge in [-0.1, -0.05) is 18.2 Å². The molecule has 5 aromatic rings. The minimum Gasteiger partial charge on any atom is -0.454 e. The number of nitrogens with zero attached hydrogens (tertiary/aromatic N) is 7. The number of anilines is 3. The summed E-state index contributed by atoms with van der Waals surface area (Å²) < 4.78 is 13.3. The second-order valence-electron chi connectivity index (χ2n) is 12.6. The zero-order chi connectivity index (χ0) is 34.8. The molecule has 1 amide bonds. The molecule has 256 valence electrons. The number of nitrogens with one attached hydrogen (secondary N) is 1. The predicted molar refractivity (Wildman–Crippen MR) is 198 cm³/mol. The first-order chi connectivity index (χ1) is 24.3. The van der Waals surface area contributed by atoms with Crippen molar-refractivity contribution in [3.05, 3.63) is 71.9 Å². The van der Waals surface area contributed by atoms with Crippen molar-refractivity contribution in [2.75, 3.05) is 76.2 Å². The Morgan fingerprint density at radius 3 is 2.60 bits per heavy atom. The van der Waals surface area contributed by atoms with E-state index in [0.29, 0.717) is 42.3 Å². The molecule has 0 atom stereocenters. The second-order valence-corrected chi connectivity index (χ2v) is 13.6. The van der Waals surface area contributed by atoms with Gasteiger partial charge in [0, 0.05) is 82.3 Å². The van der Waals surface area contributed by atoms with Crippen LogP contribution in [0, 0.1) is 11.3 Å². The van der Waals surface area contributed by atoms with Crippen LogP contribution < -0.4 is 30.3 Å². The Hall–Kier alpha value is -5.45. The van der Waals surface area contributed by atoms with Crippen molar-refractivity contribution in [3.8, 4) is 17.6 Å². The molecule has 0 aliphatic carbocycles. The van der Waals surface area contributed by atoms with Gasteiger partial charge < -0.3 is 39.8 Å². The predicted octanol–water partition coefficient (Wildman–Crippen LogP) is 4.98. The number of benzene rings is 3. The SMILES string of the molecule is CN1CCN(c2ccc3cc(C=C(C#N)C(=O)NCCCn4c(Sc5cc6c(cc5N(C)C)OCO6)nc5c(N)nccc54)ccc3c2)CC1. The van der Waals surface area contributed by atoms with Crippen molar-refractivity contribution in [2.45, 2.75) is 23.0 Å². The van der Waals surface area contributed by atoms with Gasteiger partial charge in [0.05, 0.1) is 11.2 Å². The number of nitriles is 1. The van der Waals surface area contributed by atoms with Crippen LogP contribution >= 0.6 is 11.8 Å². The highest BCUT2D eigenvalue weighted by Gasteiger charge is 2.22. The molecule has 0 radical (unpaired) electrons. The number of likely N-dealkylation sites (N-methyl/N-ethyl adjacent to an activating group) is 1. The number of carbonyl (C=O) groups is 1. The number of piperazine rings is 1. The first-order valence-corrected chi connectivity index (χ1v) is 17.4. The third-order valence-corrected chi connectivity index (χ3v) is 10.1. The maximum absolute atomic E-state index is 13.1. The molecule has 0 spiro atoms. The molecule has 4 heterocycles. The molecule has 3 N–H and O–H groups in total. The number of hydrogen-bond donors (Lipinski definition) is 2. The topological polar surface area (TPSA) is 138 Å². The Kier molecular flexibility index (Phi) is 9.38. The molecular formula is C37H39N9O3S. The molecule has 0 unspecified atom stereocenters. The fourth-order valence-corrected chi connectivity index (χ4v) is 7.38. The quantitative estimate of drug-likeness (QED) is 0.117. The van der Waals surface area contributed by atoms with Crippen LogP contribution in [0.5, 0.6) is 11.5 Å². The van der Waals surface area contributed by atoms with Gasteiger partial charge in [0.25, 0.3) is 5.91 Å². The number of rotatable bonds is 10. The van der Waals surface area contributed by atoms with Gasteiger partial charge in [-0.05, 0) is 71.9 Å². The summed E-state index contributed by atoms with van der Waals surface area (Å²) in [7, 11) is 6.11. The van der Waals surface area contributed by atoms with Crippen LogP contribution in [0.25, 0.3) is 27.9 Å². The van der Waals surface area contributed by atoms with E-state index in [1.807, 2.05) is 55.4 Å². The number of aryl methyl sites for hydroxylation is 1. The van der Waals surface area contributed by atoms with E-state index in [2.05, 4.69) is 56.0 Å². The van der Waals surface area contributed by atoms with Gasteiger partial charge >= 0.3 is 0 Å². The summed E-state index contributed by atoms with van der Waals surface area (Å²) in [6, 6.07) is 20.4. The average molecular weight is 690 g/mol. The lowest BCUT2D eigenvalue weighted by Crippen LogP contribution is -2.44. The standard InChI is InChI=1S/C37H39N9O3S/c1-43(2)30-20-31-32(49-23-48-31)21-33(30)50-37-42-34-29(9-11-40-35(34)39)46(37)12-4-10-41-36(47)27(22-38)18-24-5-6-26-19-28(8-7-25(26)17-24)45-15-13-44(3)14-16-45/h5-9,11,17-21H,4,10,12-16,23H2,1-3H3,(H2,39,40)(H,41,47). The zero-order valence-corrected chi connectivity index (χ0v) is 29.2. The summed E-state index contributed by atoms with van der Waals surface area (Å²) >= 11 is 1.50. The highest BCUT2D eigenvalue weighted by Crippen LogP contribution is 2.44. The van der Waals surface area contributed by atoms with Gasteiger partial charge in [0.15, 0.2) is 22.5 Å². The number of ether oxygens (including phenoxy) is 2. The average Bonchev–Trinajstić information content (AvgIpc) is 3.73. The number of amides is 1. The molecule has 1 fully saturated rings. The number of imidazole rings is 1. The number of nitrogen functional groups attached to an aromatic ring is 1. The second kappa shape index (κ2) is 14.2. The summed E-state index contributed by atoms with van der Waals surface area (Å²) in [5.41, 5.74) is 10.7. The molecule has 0 bridgehead atoms. The third-order valence-electron chi connectivity index (χ3n) is 9.03. The van der Waals surface area contributed by atoms with Gasteiger partial charge in [-0.3, -0.25) is 4.79 Å². The fourth-order valence-electron chi connectivity index (χ4n) is 6.24. The minimum absolute atomic E-state index is 0.0561. The fraction of sp³-hybridized carbons (Fsp3) is 0.297. The Morgan fingerprint density at radius 2 is 1.82 bits per heavy atom. The van der Waals surface area contributed by atoms with Crippen LogP contribution in [-0.2, 0) is 11.3 Å². The van der Waals surface area contributed by atoms with Gasteiger partial charge in [-0.15, -0.1) is 0 Å². The molecule has 1 saturated heterocycles. The number of pyridine rings is 1. The van der Waals surface area contributed by atoms with Crippen LogP contribution in [0.15, 0.2) is 76.4 Å². The van der Waals surface area contributed by atoms with E-state index >= 15 is 0 Å². The number of aromatic nitrogens is 3. The first kappa shape index (κ1) is 33.1. The number of fused-ring (bicyclic) bond motifs is 3. The van der Waals surface area contributed by atoms with Crippen molar-refractivity contribution in [2.24, 2.45) is 0 Å². The van der Waals surface area contributed by atoms with Crippen LogP contribution in [0.1, 0.15) is 12.0 Å². The maximum atomic E-state index is 13.1. The summed E-state index contributed by atoms with van der Waals surface area (Å²) in [5, 5.41) is 15.7. The van der Waals surface area contributed by atoms with E-state index in [1.165, 1.54) is 17.4 Å². The molecule has 7 rings (SSSR count). The lowest BCUT2D eigenvalue weighted by Gasteiger charge is -2.34. The molecule has 2 aromatic heterocycles. The summed E-state index contributed by atoms with van der Waals surface area (Å²) in [6.45, 7) is 5.22. The molecule has 3 aromatic carbocycles. The van der Waals surface area contributed by atoms with E-state index in [4.69, 9.17) is 20.2 Å². The van der Waals surface area contributed by atoms with Gasteiger partial charge in [0.1, 0.15) is 17.2 Å². The van der Waals surface area contributed by atoms with E-state index in [9.17, 15) is 10.1 Å². The maximum Gasteiger partial charge on any atom is 0.261 e. The van der Waals surface area contributed by atoms with Crippen molar-refractivity contribution >= 4 is 62.7 Å². The summed E-state index contributed by atoms with van der Waals surface area (Å²) in [4.78, 5) is 29.9. The van der Waals surface area contributed by atoms with Crippen molar-refractivity contribution in [1.82, 2.24) is 24.8 Å². The molecule has 13 heteroatoms. The van der Waals surface area contributed by atoms with E-state index < -0.39 is 5.91 Å². The number of hydrogen-bond acceptors (Lipinski definition) is 11. The van der Waals surface area contributed by atoms with Crippen molar-refractivity contribution in [1.29, 1.82) is 5.26 Å². The van der Waals surface area contributed by atoms with Crippen LogP contribution in [0.4, 0.5) is 17.2 Å². The third kappa shape index (κ3) is 6.85. The number of carbonyl (C=O) groups excluding carboxylic acids is 1. The Morgan fingerprint density at radius 1 is 1.06 bits per heavy atom. The normalized spacial score (nSPS) is 14.7. The first-order valence-electron chi connectivity index (χ1n) is 16.5. The summed E-state index contributed by atoms with van der Waals surface area (Å²) in [6.07, 6.45) is 3.91. The molecular weight excluding hydrogens is 651 g/mol. The van der Waals surface area contributed by atoms with Crippen LogP contribution in [0.3, 0.4) is 0 Å². The van der Waals surface area contributed by atoms with Gasteiger partial charge in [0.2, 0.25) is 6.79 Å². The Balaban J connectivity index is 1.03. The Labute approximate surface area is 295 Å². The zero-order valence-electron chi connectivity index (χ0n) is 28.3. The van der Waals surface area contributed by atoms with Gasteiger partial charge in [-0.25, -0.2) is 9.97 Å². The Bertz CT molecular complexity index is 2150. The van der Waals surface area contributed by atoms with E-state index in [0.717, 1.165) is 63.8 Å². The van der Waals surface area contributed by atoms with Crippen molar-refractivity contribution in [3.63, 3.8) is 0 Å². The van der Waals surface area contributed by atoms with Crippen LogP contribution in [0.2, 0.25) is 0 Å². The lowest BCUT2D eigenvalue weighted by molar-refractivity contribution is -0.117. The highest BCUT2D eigenvalue weighted by molar-refractivity contribution is 7.99. The molecule has 12 nitrogen and oxygen atoms in total. The minimum atomic E-state index is -0.410. The monoisotopic (exact) mass is 689 g/mol. The molecule has 50 heavy (non-hydrogen) atoms. The largest absolute Gasteiger partial charge is 0.454 e.